The van der Waals surface area contributed by atoms with Crippen molar-refractivity contribution in [3.63, 3.8) is 0 Å². The quantitative estimate of drug-likeness (QED) is 0.346. The van der Waals surface area contributed by atoms with Crippen molar-refractivity contribution < 1.29 is 22.7 Å². The van der Waals surface area contributed by atoms with Gasteiger partial charge in [0, 0.05) is 29.0 Å². The highest BCUT2D eigenvalue weighted by Gasteiger charge is 2.32. The van der Waals surface area contributed by atoms with Crippen LogP contribution in [0.1, 0.15) is 43.6 Å². The van der Waals surface area contributed by atoms with Gasteiger partial charge < -0.3 is 14.4 Å². The van der Waals surface area contributed by atoms with Crippen LogP contribution in [-0.4, -0.2) is 34.1 Å². The van der Waals surface area contributed by atoms with Crippen LogP contribution in [0.2, 0.25) is 0 Å². The van der Waals surface area contributed by atoms with E-state index in [1.165, 1.54) is 18.9 Å². The minimum Gasteiger partial charge on any atom is -0.493 e. The Hall–Kier alpha value is -3.04. The van der Waals surface area contributed by atoms with Crippen LogP contribution in [-0.2, 0) is 14.8 Å². The molecule has 3 aromatic carbocycles. The van der Waals surface area contributed by atoms with Gasteiger partial charge in [-0.3, -0.25) is 9.52 Å². The molecule has 1 N–H and O–H groups in total. The Kier molecular flexibility index (Phi) is 7.44. The van der Waals surface area contributed by atoms with Crippen molar-refractivity contribution in [3.05, 3.63) is 76.8 Å². The summed E-state index contributed by atoms with van der Waals surface area (Å²) in [7, 11) is -2.14. The van der Waals surface area contributed by atoms with E-state index in [1.807, 2.05) is 24.3 Å². The van der Waals surface area contributed by atoms with Crippen LogP contribution in [0.25, 0.3) is 0 Å². The number of halogens is 1. The standard InChI is InChI=1S/C28H29BrN2O5S/c1-35-26-13-12-19(14-27(26)36-24-9-2-3-10-24)20-15-28(32)31(18-20)23-8-5-7-22(17-23)30-37(33,34)25-11-4-6-21(29)16-25/h4-8,11-14,16-17,20,24,30H,2-3,9-10,15,18H2,1H3/t20-/m0/s1. The zero-order valence-corrected chi connectivity index (χ0v) is 22.9. The third kappa shape index (κ3) is 5.78. The highest BCUT2D eigenvalue weighted by Crippen LogP contribution is 2.38. The molecule has 3 aromatic rings. The minimum atomic E-state index is -3.77. The number of amides is 1. The number of benzene rings is 3. The Morgan fingerprint density at radius 2 is 1.76 bits per heavy atom. The number of nitrogens with zero attached hydrogens (tertiary/aromatic N) is 1. The number of sulfonamides is 1. The summed E-state index contributed by atoms with van der Waals surface area (Å²) in [6.45, 7) is 0.496. The van der Waals surface area contributed by atoms with Gasteiger partial charge in [0.05, 0.1) is 23.8 Å². The molecule has 1 saturated carbocycles. The van der Waals surface area contributed by atoms with Crippen LogP contribution in [0.3, 0.4) is 0 Å². The maximum absolute atomic E-state index is 13.0. The largest absolute Gasteiger partial charge is 0.493 e. The first kappa shape index (κ1) is 25.6. The first-order valence-electron chi connectivity index (χ1n) is 12.4. The lowest BCUT2D eigenvalue weighted by Gasteiger charge is -2.20. The molecule has 1 saturated heterocycles. The van der Waals surface area contributed by atoms with Crippen LogP contribution in [0.5, 0.6) is 11.5 Å². The van der Waals surface area contributed by atoms with Gasteiger partial charge in [-0.15, -0.1) is 0 Å². The van der Waals surface area contributed by atoms with Crippen molar-refractivity contribution in [1.82, 2.24) is 0 Å². The second-order valence-corrected chi connectivity index (χ2v) is 12.1. The molecule has 9 heteroatoms. The van der Waals surface area contributed by atoms with E-state index >= 15 is 0 Å². The van der Waals surface area contributed by atoms with Crippen LogP contribution in [0.4, 0.5) is 11.4 Å². The van der Waals surface area contributed by atoms with Crippen molar-refractivity contribution in [1.29, 1.82) is 0 Å². The predicted octanol–water partition coefficient (Wildman–Crippen LogP) is 6.10. The average Bonchev–Trinajstić information content (AvgIpc) is 3.53. The molecule has 1 heterocycles. The third-order valence-corrected chi connectivity index (χ3v) is 8.77. The molecular weight excluding hydrogens is 556 g/mol. The zero-order valence-electron chi connectivity index (χ0n) is 20.5. The van der Waals surface area contributed by atoms with E-state index in [1.54, 1.807) is 48.4 Å². The molecule has 2 aliphatic rings. The molecule has 1 aliphatic heterocycles. The molecule has 0 radical (unpaired) electrons. The minimum absolute atomic E-state index is 0.00801. The average molecular weight is 586 g/mol. The van der Waals surface area contributed by atoms with Gasteiger partial charge in [-0.05, 0) is 79.8 Å². The monoisotopic (exact) mass is 584 g/mol. The zero-order chi connectivity index (χ0) is 26.0. The lowest BCUT2D eigenvalue weighted by molar-refractivity contribution is -0.117. The van der Waals surface area contributed by atoms with Crippen LogP contribution in [0, 0.1) is 0 Å². The fraction of sp³-hybridized carbons (Fsp3) is 0.321. The predicted molar refractivity (Wildman–Crippen MR) is 147 cm³/mol. The molecule has 0 unspecified atom stereocenters. The molecule has 0 bridgehead atoms. The highest BCUT2D eigenvalue weighted by molar-refractivity contribution is 9.10. The van der Waals surface area contributed by atoms with Gasteiger partial charge in [-0.2, -0.15) is 0 Å². The summed E-state index contributed by atoms with van der Waals surface area (Å²) >= 11 is 3.31. The first-order valence-corrected chi connectivity index (χ1v) is 14.6. The van der Waals surface area contributed by atoms with E-state index in [9.17, 15) is 13.2 Å². The highest BCUT2D eigenvalue weighted by atomic mass is 79.9. The normalized spacial score (nSPS) is 18.3. The molecule has 0 spiro atoms. The Balaban J connectivity index is 1.33. The number of ether oxygens (including phenoxy) is 2. The fourth-order valence-corrected chi connectivity index (χ4v) is 6.64. The maximum atomic E-state index is 13.0. The molecule has 194 valence electrons. The summed E-state index contributed by atoms with van der Waals surface area (Å²) in [6.07, 6.45) is 5.02. The lowest BCUT2D eigenvalue weighted by Crippen LogP contribution is -2.24. The molecule has 1 aliphatic carbocycles. The Morgan fingerprint density at radius 3 is 2.51 bits per heavy atom. The van der Waals surface area contributed by atoms with E-state index in [2.05, 4.69) is 20.7 Å². The molecule has 5 rings (SSSR count). The summed E-state index contributed by atoms with van der Waals surface area (Å²) < 4.78 is 40.8. The third-order valence-electron chi connectivity index (χ3n) is 6.90. The molecule has 2 fully saturated rings. The van der Waals surface area contributed by atoms with Gasteiger partial charge in [-0.25, -0.2) is 8.42 Å². The maximum Gasteiger partial charge on any atom is 0.261 e. The van der Waals surface area contributed by atoms with Gasteiger partial charge >= 0.3 is 0 Å². The van der Waals surface area contributed by atoms with E-state index < -0.39 is 10.0 Å². The van der Waals surface area contributed by atoms with Gasteiger partial charge in [0.15, 0.2) is 11.5 Å². The van der Waals surface area contributed by atoms with E-state index in [0.29, 0.717) is 34.6 Å². The number of carbonyl (C=O) groups is 1. The second kappa shape index (κ2) is 10.8. The summed E-state index contributed by atoms with van der Waals surface area (Å²) in [5, 5.41) is 0. The molecule has 37 heavy (non-hydrogen) atoms. The topological polar surface area (TPSA) is 84.9 Å². The van der Waals surface area contributed by atoms with E-state index in [0.717, 1.165) is 24.2 Å². The van der Waals surface area contributed by atoms with Crippen LogP contribution < -0.4 is 19.1 Å². The number of nitrogens with one attached hydrogen (secondary N) is 1. The summed E-state index contributed by atoms with van der Waals surface area (Å²) in [5.41, 5.74) is 2.07. The number of rotatable bonds is 8. The SMILES string of the molecule is COc1ccc([C@H]2CC(=O)N(c3cccc(NS(=O)(=O)c4cccc(Br)c4)c3)C2)cc1OC1CCCC1. The van der Waals surface area contributed by atoms with Crippen molar-refractivity contribution in [2.24, 2.45) is 0 Å². The smallest absolute Gasteiger partial charge is 0.261 e. The van der Waals surface area contributed by atoms with Gasteiger partial charge in [0.25, 0.3) is 10.0 Å². The number of anilines is 2. The van der Waals surface area contributed by atoms with Gasteiger partial charge in [0.1, 0.15) is 0 Å². The number of hydrogen-bond acceptors (Lipinski definition) is 5. The van der Waals surface area contributed by atoms with Crippen molar-refractivity contribution in [3.8, 4) is 11.5 Å². The Bertz CT molecular complexity index is 1410. The van der Waals surface area contributed by atoms with Crippen molar-refractivity contribution >= 4 is 43.2 Å². The second-order valence-electron chi connectivity index (χ2n) is 9.45. The fourth-order valence-electron chi connectivity index (χ4n) is 4.99. The number of methoxy groups -OCH3 is 1. The van der Waals surface area contributed by atoms with E-state index in [-0.39, 0.29) is 22.8 Å². The molecule has 7 nitrogen and oxygen atoms in total. The molecule has 0 aromatic heterocycles. The summed E-state index contributed by atoms with van der Waals surface area (Å²) in [6, 6.07) is 19.3. The summed E-state index contributed by atoms with van der Waals surface area (Å²) in [4.78, 5) is 14.9. The first-order chi connectivity index (χ1) is 17.8. The summed E-state index contributed by atoms with van der Waals surface area (Å²) in [5.74, 6) is 1.40. The molecule has 1 amide bonds. The van der Waals surface area contributed by atoms with Gasteiger partial charge in [0.2, 0.25) is 5.91 Å². The van der Waals surface area contributed by atoms with Crippen molar-refractivity contribution in [2.75, 3.05) is 23.3 Å². The van der Waals surface area contributed by atoms with Crippen LogP contribution in [0.15, 0.2) is 76.1 Å². The lowest BCUT2D eigenvalue weighted by atomic mass is 9.98. The number of hydrogen-bond donors (Lipinski definition) is 1. The van der Waals surface area contributed by atoms with Crippen LogP contribution >= 0.6 is 15.9 Å². The van der Waals surface area contributed by atoms with Gasteiger partial charge in [-0.1, -0.05) is 34.1 Å². The van der Waals surface area contributed by atoms with E-state index in [4.69, 9.17) is 9.47 Å². The number of carbonyl (C=O) groups excluding carboxylic acids is 1. The molecular formula is C28H29BrN2O5S. The Morgan fingerprint density at radius 1 is 0.973 bits per heavy atom. The van der Waals surface area contributed by atoms with Crippen molar-refractivity contribution in [2.45, 2.75) is 49.0 Å². The molecule has 1 atom stereocenters. The Labute approximate surface area is 226 Å².